The maximum absolute atomic E-state index is 4.72. The molecular weight excluding hydrogens is 218 g/mol. The lowest BCUT2D eigenvalue weighted by molar-refractivity contribution is 0.247. The Hall–Kier alpha value is -0.610. The van der Waals surface area contributed by atoms with E-state index >= 15 is 0 Å². The maximum atomic E-state index is 4.72. The van der Waals surface area contributed by atoms with Crippen molar-refractivity contribution in [1.29, 1.82) is 0 Å². The molecule has 0 aliphatic carbocycles. The van der Waals surface area contributed by atoms with Gasteiger partial charge in [-0.3, -0.25) is 0 Å². The third kappa shape index (κ3) is 2.23. The van der Waals surface area contributed by atoms with Gasteiger partial charge in [0.25, 0.3) is 0 Å². The van der Waals surface area contributed by atoms with E-state index in [9.17, 15) is 0 Å². The Morgan fingerprint density at radius 2 is 2.00 bits per heavy atom. The Balaban J connectivity index is 2.00. The van der Waals surface area contributed by atoms with Crippen LogP contribution < -0.4 is 4.90 Å². The number of nitrogens with zero attached hydrogens (tertiary/aromatic N) is 3. The molecule has 1 aliphatic rings. The monoisotopic (exact) mass is 239 g/mol. The zero-order valence-corrected chi connectivity index (χ0v) is 11.6. The first-order chi connectivity index (χ1) is 7.38. The molecule has 1 aliphatic heterocycles. The highest BCUT2D eigenvalue weighted by atomic mass is 32.1. The fourth-order valence-corrected chi connectivity index (χ4v) is 2.76. The molecule has 3 nitrogen and oxygen atoms in total. The summed E-state index contributed by atoms with van der Waals surface area (Å²) in [5.41, 5.74) is 1.38. The van der Waals surface area contributed by atoms with Crippen LogP contribution in [-0.4, -0.2) is 43.1 Å². The third-order valence-electron chi connectivity index (χ3n) is 3.12. The summed E-state index contributed by atoms with van der Waals surface area (Å²) in [5, 5.41) is 3.38. The summed E-state index contributed by atoms with van der Waals surface area (Å²) < 4.78 is 0. The average molecular weight is 239 g/mol. The van der Waals surface area contributed by atoms with Crippen LogP contribution >= 0.6 is 11.3 Å². The van der Waals surface area contributed by atoms with Crippen molar-refractivity contribution in [3.05, 3.63) is 11.1 Å². The predicted molar refractivity (Wildman–Crippen MR) is 70.5 cm³/mol. The average Bonchev–Trinajstić information content (AvgIpc) is 2.47. The van der Waals surface area contributed by atoms with Crippen LogP contribution in [0.3, 0.4) is 0 Å². The molecule has 1 aromatic heterocycles. The lowest BCUT2D eigenvalue weighted by atomic mass is 9.93. The molecule has 0 amide bonds. The SMILES string of the molecule is CN(C)C1CN(c2nc(C(C)(C)C)cs2)C1. The van der Waals surface area contributed by atoms with E-state index in [2.05, 4.69) is 50.0 Å². The minimum atomic E-state index is 0.167. The summed E-state index contributed by atoms with van der Waals surface area (Å²) in [6.45, 7) is 8.87. The molecule has 4 heteroatoms. The van der Waals surface area contributed by atoms with Crippen LogP contribution in [0, 0.1) is 0 Å². The van der Waals surface area contributed by atoms with E-state index in [4.69, 9.17) is 4.98 Å². The summed E-state index contributed by atoms with van der Waals surface area (Å²) in [5.74, 6) is 0. The third-order valence-corrected chi connectivity index (χ3v) is 4.02. The van der Waals surface area contributed by atoms with E-state index in [-0.39, 0.29) is 5.41 Å². The number of aromatic nitrogens is 1. The largest absolute Gasteiger partial charge is 0.345 e. The van der Waals surface area contributed by atoms with E-state index < -0.39 is 0 Å². The molecule has 0 spiro atoms. The van der Waals surface area contributed by atoms with Crippen LogP contribution in [0.4, 0.5) is 5.13 Å². The number of thiazole rings is 1. The molecule has 0 bridgehead atoms. The fraction of sp³-hybridized carbons (Fsp3) is 0.750. The van der Waals surface area contributed by atoms with Crippen molar-refractivity contribution in [3.8, 4) is 0 Å². The Morgan fingerprint density at radius 3 is 2.44 bits per heavy atom. The number of hydrogen-bond donors (Lipinski definition) is 0. The number of rotatable bonds is 2. The standard InChI is InChI=1S/C12H21N3S/c1-12(2,3)10-8-16-11(13-10)15-6-9(7-15)14(4)5/h8-9H,6-7H2,1-5H3. The molecular formula is C12H21N3S. The van der Waals surface area contributed by atoms with Gasteiger partial charge in [-0.05, 0) is 14.1 Å². The first-order valence-corrected chi connectivity index (χ1v) is 6.63. The van der Waals surface area contributed by atoms with E-state index in [0.717, 1.165) is 13.1 Å². The second-order valence-electron chi connectivity index (χ2n) is 5.79. The topological polar surface area (TPSA) is 19.4 Å². The highest BCUT2D eigenvalue weighted by Gasteiger charge is 2.30. The van der Waals surface area contributed by atoms with Crippen molar-refractivity contribution in [2.75, 3.05) is 32.1 Å². The molecule has 90 valence electrons. The van der Waals surface area contributed by atoms with Crippen molar-refractivity contribution in [3.63, 3.8) is 0 Å². The van der Waals surface area contributed by atoms with Gasteiger partial charge in [0, 0.05) is 29.9 Å². The molecule has 1 saturated heterocycles. The Bertz CT molecular complexity index is 359. The van der Waals surface area contributed by atoms with E-state index in [0.29, 0.717) is 6.04 Å². The van der Waals surface area contributed by atoms with Crippen LogP contribution in [0.25, 0.3) is 0 Å². The highest BCUT2D eigenvalue weighted by molar-refractivity contribution is 7.13. The van der Waals surface area contributed by atoms with Gasteiger partial charge in [-0.15, -0.1) is 11.3 Å². The summed E-state index contributed by atoms with van der Waals surface area (Å²) in [6.07, 6.45) is 0. The lowest BCUT2D eigenvalue weighted by Gasteiger charge is -2.42. The van der Waals surface area contributed by atoms with Crippen molar-refractivity contribution >= 4 is 16.5 Å². The lowest BCUT2D eigenvalue weighted by Crippen LogP contribution is -2.57. The van der Waals surface area contributed by atoms with Gasteiger partial charge in [0.15, 0.2) is 5.13 Å². The normalized spacial score (nSPS) is 18.0. The first kappa shape index (κ1) is 11.9. The zero-order chi connectivity index (χ0) is 11.9. The van der Waals surface area contributed by atoms with Gasteiger partial charge in [0.05, 0.1) is 5.69 Å². The van der Waals surface area contributed by atoms with Gasteiger partial charge in [-0.25, -0.2) is 4.98 Å². The van der Waals surface area contributed by atoms with Gasteiger partial charge in [0.2, 0.25) is 0 Å². The second kappa shape index (κ2) is 4.00. The van der Waals surface area contributed by atoms with Gasteiger partial charge in [-0.1, -0.05) is 20.8 Å². The molecule has 0 unspecified atom stereocenters. The van der Waals surface area contributed by atoms with E-state index in [1.807, 2.05) is 0 Å². The molecule has 0 aromatic carbocycles. The van der Waals surface area contributed by atoms with Gasteiger partial charge in [0.1, 0.15) is 0 Å². The van der Waals surface area contributed by atoms with E-state index in [1.54, 1.807) is 11.3 Å². The quantitative estimate of drug-likeness (QED) is 0.788. The van der Waals surface area contributed by atoms with Crippen molar-refractivity contribution in [2.45, 2.75) is 32.2 Å². The molecule has 16 heavy (non-hydrogen) atoms. The summed E-state index contributed by atoms with van der Waals surface area (Å²) >= 11 is 1.77. The van der Waals surface area contributed by atoms with Crippen LogP contribution in [0.1, 0.15) is 26.5 Å². The van der Waals surface area contributed by atoms with Crippen molar-refractivity contribution in [1.82, 2.24) is 9.88 Å². The van der Waals surface area contributed by atoms with Crippen LogP contribution in [0.5, 0.6) is 0 Å². The van der Waals surface area contributed by atoms with Crippen molar-refractivity contribution < 1.29 is 0 Å². The molecule has 0 N–H and O–H groups in total. The Kier molecular flexibility index (Phi) is 2.97. The number of likely N-dealkylation sites (N-methyl/N-ethyl adjacent to an activating group) is 1. The van der Waals surface area contributed by atoms with Gasteiger partial charge < -0.3 is 9.80 Å². The summed E-state index contributed by atoms with van der Waals surface area (Å²) in [6, 6.07) is 0.696. The number of hydrogen-bond acceptors (Lipinski definition) is 4. The molecule has 1 fully saturated rings. The smallest absolute Gasteiger partial charge is 0.185 e. The highest BCUT2D eigenvalue weighted by Crippen LogP contribution is 2.31. The summed E-state index contributed by atoms with van der Waals surface area (Å²) in [7, 11) is 4.29. The Morgan fingerprint density at radius 1 is 1.38 bits per heavy atom. The number of anilines is 1. The first-order valence-electron chi connectivity index (χ1n) is 5.75. The molecule has 0 atom stereocenters. The summed E-state index contributed by atoms with van der Waals surface area (Å²) in [4.78, 5) is 9.38. The van der Waals surface area contributed by atoms with Crippen LogP contribution in [-0.2, 0) is 5.41 Å². The molecule has 2 heterocycles. The van der Waals surface area contributed by atoms with E-state index in [1.165, 1.54) is 10.8 Å². The second-order valence-corrected chi connectivity index (χ2v) is 6.62. The van der Waals surface area contributed by atoms with Gasteiger partial charge >= 0.3 is 0 Å². The zero-order valence-electron chi connectivity index (χ0n) is 10.8. The molecule has 1 aromatic rings. The van der Waals surface area contributed by atoms with Gasteiger partial charge in [-0.2, -0.15) is 0 Å². The molecule has 0 saturated carbocycles. The maximum Gasteiger partial charge on any atom is 0.185 e. The van der Waals surface area contributed by atoms with Crippen LogP contribution in [0.2, 0.25) is 0 Å². The molecule has 0 radical (unpaired) electrons. The minimum absolute atomic E-state index is 0.167. The fourth-order valence-electron chi connectivity index (χ4n) is 1.69. The molecule has 2 rings (SSSR count). The Labute approximate surface area is 102 Å². The van der Waals surface area contributed by atoms with Crippen molar-refractivity contribution in [2.24, 2.45) is 0 Å². The minimum Gasteiger partial charge on any atom is -0.345 e. The predicted octanol–water partition coefficient (Wildman–Crippen LogP) is 2.19. The van der Waals surface area contributed by atoms with Crippen LogP contribution in [0.15, 0.2) is 5.38 Å².